The molecule has 0 amide bonds. The minimum atomic E-state index is -6.32. The maximum absolute atomic E-state index is 11.6. The van der Waals surface area contributed by atoms with E-state index < -0.39 is 180 Å². The second-order valence-corrected chi connectivity index (χ2v) is 15.7. The van der Waals surface area contributed by atoms with E-state index in [0.717, 1.165) is 0 Å². The molecule has 0 aliphatic heterocycles. The fourth-order valence-corrected chi connectivity index (χ4v) is 7.78. The molecular formula is C13H23K9O37S9-6. The molecule has 15 atom stereocenters. The van der Waals surface area contributed by atoms with Gasteiger partial charge in [0, 0.05) is 5.92 Å². The van der Waals surface area contributed by atoms with Crippen molar-refractivity contribution in [2.24, 2.45) is 5.92 Å². The summed E-state index contributed by atoms with van der Waals surface area (Å²) in [7, 11) is -18.2. The molecule has 0 aromatic rings. The van der Waals surface area contributed by atoms with Crippen molar-refractivity contribution in [1.29, 1.82) is 0 Å². The van der Waals surface area contributed by atoms with Gasteiger partial charge < -0.3 is 82.8 Å². The first-order valence-corrected chi connectivity index (χ1v) is 22.1. The van der Waals surface area contributed by atoms with Gasteiger partial charge in [-0.3, -0.25) is 33.5 Å². The summed E-state index contributed by atoms with van der Waals surface area (Å²) in [6.07, 6.45) is -23.6. The van der Waals surface area contributed by atoms with Crippen molar-refractivity contribution >= 4 is 99.4 Å². The third kappa shape index (κ3) is 59.4. The molecule has 1 aliphatic rings. The second-order valence-electron chi connectivity index (χ2n) is 8.96. The van der Waals surface area contributed by atoms with Crippen molar-refractivity contribution in [3.05, 3.63) is 0 Å². The van der Waals surface area contributed by atoms with Gasteiger partial charge in [0.1, 0.15) is 42.7 Å². The van der Waals surface area contributed by atoms with Crippen LogP contribution < -0.4 is 462 Å². The third-order valence-corrected chi connectivity index (χ3v) is 9.35. The first kappa shape index (κ1) is 120. The Labute approximate surface area is 785 Å². The summed E-state index contributed by atoms with van der Waals surface area (Å²) in [6, 6.07) is 0. The van der Waals surface area contributed by atoms with Crippen molar-refractivity contribution in [2.45, 2.75) is 55.3 Å². The van der Waals surface area contributed by atoms with Crippen LogP contribution in [0.4, 0.5) is 0 Å². The molecule has 0 spiro atoms. The first-order chi connectivity index (χ1) is 24.1. The normalized spacial score (nSPS) is 21.4. The molecule has 1 aliphatic carbocycles. The van der Waals surface area contributed by atoms with Gasteiger partial charge in [0.2, 0.25) is 31.2 Å². The van der Waals surface area contributed by atoms with Gasteiger partial charge >= 0.3 is 462 Å². The van der Waals surface area contributed by atoms with E-state index in [1.165, 1.54) is 0 Å². The molecule has 37 nitrogen and oxygen atoms in total. The molecule has 0 radical (unpaired) electrons. The summed E-state index contributed by atoms with van der Waals surface area (Å²) in [6.45, 7) is -4.97. The number of rotatable bonds is 26. The molecule has 68 heavy (non-hydrogen) atoms. The summed E-state index contributed by atoms with van der Waals surface area (Å²) in [5, 5.41) is 0. The van der Waals surface area contributed by atoms with Crippen LogP contribution in [0, 0.1) is 5.92 Å². The van der Waals surface area contributed by atoms with Crippen molar-refractivity contribution < 1.29 is 629 Å². The Morgan fingerprint density at radius 3 is 1.18 bits per heavy atom. The zero-order chi connectivity index (χ0) is 41.1. The van der Waals surface area contributed by atoms with E-state index in [1.807, 2.05) is 0 Å². The predicted molar refractivity (Wildman–Crippen MR) is 158 cm³/mol. The molecule has 1 fully saturated rings. The van der Waals surface area contributed by atoms with Crippen LogP contribution >= 0.6 is 0 Å². The van der Waals surface area contributed by atoms with Gasteiger partial charge in [0.15, 0.2) is 0 Å². The molecule has 1 saturated carbocycles. The van der Waals surface area contributed by atoms with Gasteiger partial charge in [-0.05, 0) is 6.42 Å². The van der Waals surface area contributed by atoms with Crippen molar-refractivity contribution in [2.75, 3.05) is 19.8 Å². The first-order valence-electron chi connectivity index (χ1n) is 12.1. The van der Waals surface area contributed by atoms with Crippen LogP contribution in [0.2, 0.25) is 0 Å². The van der Waals surface area contributed by atoms with Gasteiger partial charge in [-0.15, -0.1) is 0 Å². The standard InChI is InChI=1S/C13H26O31S9.9K.6H2O/c14-45(15)36-2-5-1-6(11(43-52(29,30)31)13(42-50(24)25)9(5)40-48(20)21)35-3-7(38-46(16)17)12(44-53(32,33)34)10(41-49(22)23)8(39-47(18)19)4-37-51(26,27)28;;;;;;;;;;;;;;;/h5-13H,1-4H2,(H,14,15)(H,16,17)(H,18,19)(H,20,21)(H,22,23)(H,24,25)(H,26,27,28)(H,29,30,31)(H,32,33,34);;;;;;;;;;6*1H2/q;9*+1;;;;;;/p-15/t5-,6-,7-,8-,9-,10-,11+,12-,13+;;;;;;;;;;;;;;;/m1.............../s1. The van der Waals surface area contributed by atoms with E-state index in [9.17, 15) is 91.5 Å². The molecule has 0 aromatic heterocycles. The van der Waals surface area contributed by atoms with E-state index in [4.69, 9.17) is 4.74 Å². The minimum absolute atomic E-state index is 0. The average molecular weight is 1410 g/mol. The molecule has 1 rings (SSSR count). The fraction of sp³-hybridized carbons (Fsp3) is 1.00. The van der Waals surface area contributed by atoms with E-state index in [1.54, 1.807) is 0 Å². The Hall–Kier alpha value is 14.5. The topological polar surface area (TPSA) is 685 Å². The molecule has 6 N–H and O–H groups in total. The van der Waals surface area contributed by atoms with Gasteiger partial charge in [-0.25, -0.2) is 50.5 Å². The molecule has 0 heterocycles. The summed E-state index contributed by atoms with van der Waals surface area (Å²) in [5.41, 5.74) is 0. The number of ether oxygens (including phenoxy) is 1. The zero-order valence-electron chi connectivity index (χ0n) is 36.0. The van der Waals surface area contributed by atoms with E-state index in [2.05, 4.69) is 37.6 Å². The van der Waals surface area contributed by atoms with E-state index >= 15 is 0 Å². The monoisotopic (exact) mass is 1410 g/mol. The average Bonchev–Trinajstić information content (AvgIpc) is 2.94. The molecular weight excluding hydrogens is 1390 g/mol. The molecule has 0 aromatic carbocycles. The van der Waals surface area contributed by atoms with Crippen LogP contribution in [0.3, 0.4) is 0 Å². The van der Waals surface area contributed by atoms with Crippen molar-refractivity contribution in [3.8, 4) is 0 Å². The molecule has 366 valence electrons. The number of hydrogen-bond acceptors (Lipinski definition) is 37. The van der Waals surface area contributed by atoms with Crippen LogP contribution in [-0.4, -0.2) is 193 Å². The van der Waals surface area contributed by atoms with E-state index in [-0.39, 0.29) is 495 Å². The Balaban J connectivity index is -0.000000144. The largest absolute Gasteiger partial charge is 1.00 e. The molecule has 0 saturated heterocycles. The van der Waals surface area contributed by atoms with Gasteiger partial charge in [-0.2, -0.15) is 0 Å². The van der Waals surface area contributed by atoms with Gasteiger partial charge in [0.05, 0.1) is 94.1 Å². The Bertz CT molecular complexity index is 1710. The van der Waals surface area contributed by atoms with E-state index in [0.29, 0.717) is 0 Å². The maximum atomic E-state index is 11.6. The molecule has 6 unspecified atom stereocenters. The third-order valence-electron chi connectivity index (χ3n) is 5.73. The van der Waals surface area contributed by atoms with Crippen LogP contribution in [-0.2, 0) is 142 Å². The van der Waals surface area contributed by atoms with Gasteiger partial charge in [0.25, 0.3) is 0 Å². The van der Waals surface area contributed by atoms with Crippen molar-refractivity contribution in [1.82, 2.24) is 0 Å². The van der Waals surface area contributed by atoms with Crippen LogP contribution in [0.1, 0.15) is 6.42 Å². The van der Waals surface area contributed by atoms with Gasteiger partial charge in [-0.1, -0.05) is 0 Å². The SMILES string of the molecule is O=S([O-])OC[C@H]1C[C@@H](OC[C@@H](OS(=O)[O-])[C@@H](OS(=O)(=O)[O-])[C@H](OS(=O)[O-])[C@@H](COS(=O)(=O)[O-])OS(=O)[O-])[C@H](OS(=O)(=O)[O-])[C@@H](OS(=O)[O-])[C@@H]1OS(=O)[O-].[K+].[K+].[K+].[K+].[K+].[K+].[K+].[K+].[K+].[OH-].[OH-].[OH-].[OH-].[OH-].[OH-]. The Morgan fingerprint density at radius 2 is 0.853 bits per heavy atom. The summed E-state index contributed by atoms with van der Waals surface area (Å²) < 4.78 is 282. The fourth-order valence-electron chi connectivity index (χ4n) is 4.19. The smallest absolute Gasteiger partial charge is 0.870 e. The quantitative estimate of drug-likeness (QED) is 0.0336. The van der Waals surface area contributed by atoms with Crippen LogP contribution in [0.5, 0.6) is 0 Å². The zero-order valence-corrected chi connectivity index (χ0v) is 71.5. The summed E-state index contributed by atoms with van der Waals surface area (Å²) >= 11 is -22.9. The number of hydrogen-bond donors (Lipinski definition) is 0. The summed E-state index contributed by atoms with van der Waals surface area (Å²) in [4.78, 5) is 0. The maximum Gasteiger partial charge on any atom is 1.00 e. The Morgan fingerprint density at radius 1 is 0.471 bits per heavy atom. The van der Waals surface area contributed by atoms with Crippen LogP contribution in [0.25, 0.3) is 0 Å². The molecule has 55 heteroatoms. The van der Waals surface area contributed by atoms with Crippen LogP contribution in [0.15, 0.2) is 0 Å². The Kier molecular flexibility index (Phi) is 112. The summed E-state index contributed by atoms with van der Waals surface area (Å²) in [5.74, 6) is -1.85. The van der Waals surface area contributed by atoms with Crippen molar-refractivity contribution in [3.63, 3.8) is 0 Å². The second kappa shape index (κ2) is 63.1. The minimum Gasteiger partial charge on any atom is -0.870 e. The molecule has 0 bridgehead atoms. The predicted octanol–water partition coefficient (Wildman–Crippen LogP) is -35.8.